The lowest BCUT2D eigenvalue weighted by molar-refractivity contribution is 0.602. The molecule has 0 saturated heterocycles. The molecule has 2 aromatic rings. The van der Waals surface area contributed by atoms with Crippen LogP contribution < -0.4 is 4.72 Å². The molecule has 0 bridgehead atoms. The summed E-state index contributed by atoms with van der Waals surface area (Å²) in [7, 11) is -2.08. The molecular formula is C9H8N4O2S2. The molecule has 8 heteroatoms. The van der Waals surface area contributed by atoms with E-state index in [1.807, 2.05) is 6.07 Å². The van der Waals surface area contributed by atoms with E-state index in [0.717, 1.165) is 11.3 Å². The molecule has 6 nitrogen and oxygen atoms in total. The molecule has 0 aliphatic heterocycles. The molecule has 0 aromatic carbocycles. The van der Waals surface area contributed by atoms with Crippen molar-refractivity contribution in [1.29, 1.82) is 5.26 Å². The van der Waals surface area contributed by atoms with Gasteiger partial charge in [-0.1, -0.05) is 6.07 Å². The summed E-state index contributed by atoms with van der Waals surface area (Å²) in [5.74, 6) is 0.168. The Bertz CT molecular complexity index is 664. The normalized spacial score (nSPS) is 11.1. The van der Waals surface area contributed by atoms with Crippen LogP contribution in [0.2, 0.25) is 0 Å². The monoisotopic (exact) mass is 268 g/mol. The van der Waals surface area contributed by atoms with Crippen LogP contribution >= 0.6 is 11.3 Å². The lowest BCUT2D eigenvalue weighted by atomic mass is 10.4. The van der Waals surface area contributed by atoms with E-state index in [1.165, 1.54) is 16.9 Å². The van der Waals surface area contributed by atoms with Crippen molar-refractivity contribution in [2.24, 2.45) is 7.05 Å². The van der Waals surface area contributed by atoms with Crippen LogP contribution in [0, 0.1) is 11.3 Å². The zero-order valence-corrected chi connectivity index (χ0v) is 10.4. The van der Waals surface area contributed by atoms with Gasteiger partial charge in [-0.2, -0.15) is 10.4 Å². The zero-order valence-electron chi connectivity index (χ0n) is 8.78. The highest BCUT2D eigenvalue weighted by Gasteiger charge is 2.19. The number of hydrogen-bond acceptors (Lipinski definition) is 5. The van der Waals surface area contributed by atoms with Crippen LogP contribution in [0.5, 0.6) is 0 Å². The second-order valence-electron chi connectivity index (χ2n) is 3.18. The Morgan fingerprint density at radius 2 is 2.35 bits per heavy atom. The molecule has 0 aliphatic carbocycles. The minimum absolute atomic E-state index is 0.168. The van der Waals surface area contributed by atoms with Crippen LogP contribution in [-0.2, 0) is 17.1 Å². The first-order chi connectivity index (χ1) is 8.04. The second kappa shape index (κ2) is 4.20. The van der Waals surface area contributed by atoms with Crippen LogP contribution in [0.25, 0.3) is 0 Å². The number of aryl methyl sites for hydroxylation is 1. The number of rotatable bonds is 3. The lowest BCUT2D eigenvalue weighted by Crippen LogP contribution is -2.15. The van der Waals surface area contributed by atoms with E-state index in [-0.39, 0.29) is 15.6 Å². The largest absolute Gasteiger partial charge is 0.272 e. The predicted octanol–water partition coefficient (Wildman–Crippen LogP) is 1.15. The van der Waals surface area contributed by atoms with Crippen LogP contribution in [-0.4, -0.2) is 18.2 Å². The summed E-state index contributed by atoms with van der Waals surface area (Å²) in [5.41, 5.74) is 0.188. The van der Waals surface area contributed by atoms with Crippen molar-refractivity contribution in [2.45, 2.75) is 4.21 Å². The van der Waals surface area contributed by atoms with Gasteiger partial charge in [-0.15, -0.1) is 11.3 Å². The van der Waals surface area contributed by atoms with E-state index in [1.54, 1.807) is 18.5 Å². The highest BCUT2D eigenvalue weighted by Crippen LogP contribution is 2.21. The van der Waals surface area contributed by atoms with Crippen LogP contribution in [0.4, 0.5) is 5.82 Å². The summed E-state index contributed by atoms with van der Waals surface area (Å²) in [5, 5.41) is 14.3. The Morgan fingerprint density at radius 1 is 1.59 bits per heavy atom. The van der Waals surface area contributed by atoms with Gasteiger partial charge in [0.2, 0.25) is 0 Å². The number of nitriles is 1. The first kappa shape index (κ1) is 11.6. The second-order valence-corrected chi connectivity index (χ2v) is 6.04. The van der Waals surface area contributed by atoms with E-state index in [2.05, 4.69) is 9.82 Å². The molecule has 0 aliphatic rings. The van der Waals surface area contributed by atoms with Gasteiger partial charge >= 0.3 is 0 Å². The van der Waals surface area contributed by atoms with Gasteiger partial charge in [-0.3, -0.25) is 9.40 Å². The minimum atomic E-state index is -3.64. The zero-order chi connectivity index (χ0) is 12.5. The van der Waals surface area contributed by atoms with Gasteiger partial charge < -0.3 is 0 Å². The number of nitrogens with one attached hydrogen (secondary N) is 1. The van der Waals surface area contributed by atoms with E-state index >= 15 is 0 Å². The Morgan fingerprint density at radius 3 is 2.94 bits per heavy atom. The average molecular weight is 268 g/mol. The molecule has 0 saturated carbocycles. The molecule has 2 aromatic heterocycles. The summed E-state index contributed by atoms with van der Waals surface area (Å²) in [6.45, 7) is 0. The van der Waals surface area contributed by atoms with Crippen molar-refractivity contribution in [1.82, 2.24) is 9.78 Å². The third kappa shape index (κ3) is 2.15. The predicted molar refractivity (Wildman–Crippen MR) is 63.1 cm³/mol. The summed E-state index contributed by atoms with van der Waals surface area (Å²) in [4.78, 5) is 0. The number of nitrogens with zero attached hydrogens (tertiary/aromatic N) is 3. The molecule has 0 radical (unpaired) electrons. The van der Waals surface area contributed by atoms with Crippen molar-refractivity contribution in [3.05, 3.63) is 29.3 Å². The Labute approximate surface area is 102 Å². The topological polar surface area (TPSA) is 87.8 Å². The van der Waals surface area contributed by atoms with Crippen LogP contribution in [0.15, 0.2) is 27.9 Å². The molecule has 88 valence electrons. The Kier molecular flexibility index (Phi) is 2.87. The first-order valence-electron chi connectivity index (χ1n) is 4.53. The molecule has 0 unspecified atom stereocenters. The van der Waals surface area contributed by atoms with Crippen LogP contribution in [0.3, 0.4) is 0 Å². The van der Waals surface area contributed by atoms with Crippen molar-refractivity contribution >= 4 is 27.2 Å². The third-order valence-corrected chi connectivity index (χ3v) is 4.79. The maximum Gasteiger partial charge on any atom is 0.272 e. The summed E-state index contributed by atoms with van der Waals surface area (Å²) < 4.78 is 27.7. The maximum absolute atomic E-state index is 11.9. The Balaban J connectivity index is 2.40. The molecule has 17 heavy (non-hydrogen) atoms. The number of anilines is 1. The molecule has 2 rings (SSSR count). The molecule has 0 atom stereocenters. The van der Waals surface area contributed by atoms with Crippen molar-refractivity contribution in [3.63, 3.8) is 0 Å². The molecular weight excluding hydrogens is 260 g/mol. The standard InChI is InChI=1S/C9H8N4O2S2/c1-13-9(7(5-10)6-11-13)12-17(14,15)8-3-2-4-16-8/h2-4,6,12H,1H3. The SMILES string of the molecule is Cn1ncc(C#N)c1NS(=O)(=O)c1cccs1. The van der Waals surface area contributed by atoms with Gasteiger partial charge in [0.05, 0.1) is 6.20 Å². The molecule has 0 fully saturated rings. The van der Waals surface area contributed by atoms with Gasteiger partial charge in [0.1, 0.15) is 15.8 Å². The van der Waals surface area contributed by atoms with Crippen molar-refractivity contribution in [2.75, 3.05) is 4.72 Å². The van der Waals surface area contributed by atoms with Crippen molar-refractivity contribution in [3.8, 4) is 6.07 Å². The quantitative estimate of drug-likeness (QED) is 0.904. The van der Waals surface area contributed by atoms with E-state index in [0.29, 0.717) is 0 Å². The number of hydrogen-bond donors (Lipinski definition) is 1. The molecule has 0 spiro atoms. The maximum atomic E-state index is 11.9. The fourth-order valence-electron chi connectivity index (χ4n) is 1.23. The lowest BCUT2D eigenvalue weighted by Gasteiger charge is -2.06. The summed E-state index contributed by atoms with van der Waals surface area (Å²) >= 11 is 1.11. The molecule has 0 amide bonds. The van der Waals surface area contributed by atoms with Gasteiger partial charge in [0, 0.05) is 7.05 Å². The average Bonchev–Trinajstić information content (AvgIpc) is 2.90. The van der Waals surface area contributed by atoms with Gasteiger partial charge in [0.15, 0.2) is 5.82 Å². The fourth-order valence-corrected chi connectivity index (χ4v) is 3.34. The number of aromatic nitrogens is 2. The summed E-state index contributed by atoms with van der Waals surface area (Å²) in [6, 6.07) is 5.02. The first-order valence-corrected chi connectivity index (χ1v) is 6.89. The molecule has 2 heterocycles. The minimum Gasteiger partial charge on any atom is -0.262 e. The highest BCUT2D eigenvalue weighted by molar-refractivity contribution is 7.94. The van der Waals surface area contributed by atoms with E-state index in [9.17, 15) is 8.42 Å². The van der Waals surface area contributed by atoms with Gasteiger partial charge in [0.25, 0.3) is 10.0 Å². The third-order valence-electron chi connectivity index (χ3n) is 2.05. The van der Waals surface area contributed by atoms with Gasteiger partial charge in [-0.25, -0.2) is 8.42 Å². The van der Waals surface area contributed by atoms with E-state index in [4.69, 9.17) is 5.26 Å². The fraction of sp³-hybridized carbons (Fsp3) is 0.111. The number of thiophene rings is 1. The highest BCUT2D eigenvalue weighted by atomic mass is 32.2. The smallest absolute Gasteiger partial charge is 0.262 e. The molecule has 1 N–H and O–H groups in total. The van der Waals surface area contributed by atoms with Crippen LogP contribution in [0.1, 0.15) is 5.56 Å². The summed E-state index contributed by atoms with van der Waals surface area (Å²) in [6.07, 6.45) is 1.31. The van der Waals surface area contributed by atoms with E-state index < -0.39 is 10.0 Å². The Hall–Kier alpha value is -1.85. The number of sulfonamides is 1. The van der Waals surface area contributed by atoms with Crippen molar-refractivity contribution < 1.29 is 8.42 Å². The van der Waals surface area contributed by atoms with Gasteiger partial charge in [-0.05, 0) is 11.4 Å².